The molecule has 0 amide bonds. The SMILES string of the molecule is C=C1CC[C@H]2C(C)(C)[C@@H](OC(C)=O)CC[C@]2(C)[C@@H]1COc1c(OC)cc2ccc(=O)oc2c1OC. The van der Waals surface area contributed by atoms with E-state index in [0.29, 0.717) is 40.7 Å². The molecule has 0 unspecified atom stereocenters. The average molecular weight is 485 g/mol. The van der Waals surface area contributed by atoms with Crippen LogP contribution < -0.4 is 19.8 Å². The summed E-state index contributed by atoms with van der Waals surface area (Å²) in [6, 6.07) is 4.82. The molecule has 0 spiro atoms. The fourth-order valence-corrected chi connectivity index (χ4v) is 6.65. The lowest BCUT2D eigenvalue weighted by atomic mass is 9.47. The Balaban J connectivity index is 1.67. The highest BCUT2D eigenvalue weighted by Crippen LogP contribution is 2.61. The van der Waals surface area contributed by atoms with Crippen LogP contribution in [0.15, 0.2) is 39.6 Å². The minimum atomic E-state index is -0.463. The lowest BCUT2D eigenvalue weighted by molar-refractivity contribution is -0.175. The van der Waals surface area contributed by atoms with Crippen LogP contribution in [0, 0.1) is 22.7 Å². The fourth-order valence-electron chi connectivity index (χ4n) is 6.65. The molecule has 190 valence electrons. The molecule has 1 heterocycles. The molecule has 2 saturated carbocycles. The first kappa shape index (κ1) is 25.1. The summed E-state index contributed by atoms with van der Waals surface area (Å²) in [6.45, 7) is 13.0. The Morgan fingerprint density at radius 3 is 2.54 bits per heavy atom. The van der Waals surface area contributed by atoms with Gasteiger partial charge in [-0.25, -0.2) is 4.79 Å². The van der Waals surface area contributed by atoms with Crippen molar-refractivity contribution >= 4 is 16.9 Å². The predicted octanol–water partition coefficient (Wildman–Crippen LogP) is 5.53. The number of hydrogen-bond acceptors (Lipinski definition) is 7. The first-order valence-corrected chi connectivity index (χ1v) is 12.2. The van der Waals surface area contributed by atoms with Crippen molar-refractivity contribution in [1.29, 1.82) is 0 Å². The second-order valence-electron chi connectivity index (χ2n) is 10.7. The van der Waals surface area contributed by atoms with Crippen LogP contribution >= 0.6 is 0 Å². The first-order chi connectivity index (χ1) is 16.5. The van der Waals surface area contributed by atoms with Crippen LogP contribution in [0.2, 0.25) is 0 Å². The number of rotatable bonds is 6. The van der Waals surface area contributed by atoms with Crippen LogP contribution in [0.25, 0.3) is 11.0 Å². The summed E-state index contributed by atoms with van der Waals surface area (Å²) in [5.41, 5.74) is 0.787. The molecule has 7 heteroatoms. The van der Waals surface area contributed by atoms with E-state index in [-0.39, 0.29) is 28.8 Å². The third kappa shape index (κ3) is 4.30. The summed E-state index contributed by atoms with van der Waals surface area (Å²) < 4.78 is 28.8. The van der Waals surface area contributed by atoms with E-state index in [4.69, 9.17) is 23.4 Å². The molecule has 1 aromatic heterocycles. The summed E-state index contributed by atoms with van der Waals surface area (Å²) in [7, 11) is 3.09. The topological polar surface area (TPSA) is 84.2 Å². The number of benzene rings is 1. The van der Waals surface area contributed by atoms with Gasteiger partial charge in [0, 0.05) is 29.7 Å². The summed E-state index contributed by atoms with van der Waals surface area (Å²) in [4.78, 5) is 23.6. The van der Waals surface area contributed by atoms with Crippen LogP contribution in [0.5, 0.6) is 17.2 Å². The van der Waals surface area contributed by atoms with Gasteiger partial charge in [-0.05, 0) is 49.1 Å². The second kappa shape index (κ2) is 9.25. The second-order valence-corrected chi connectivity index (χ2v) is 10.7. The Morgan fingerprint density at radius 1 is 1.14 bits per heavy atom. The third-order valence-corrected chi connectivity index (χ3v) is 8.43. The van der Waals surface area contributed by atoms with Crippen LogP contribution in [-0.2, 0) is 9.53 Å². The molecule has 35 heavy (non-hydrogen) atoms. The van der Waals surface area contributed by atoms with Gasteiger partial charge in [-0.3, -0.25) is 4.79 Å². The molecular formula is C28H36O7. The van der Waals surface area contributed by atoms with Crippen LogP contribution in [0.4, 0.5) is 0 Å². The van der Waals surface area contributed by atoms with Gasteiger partial charge < -0.3 is 23.4 Å². The zero-order valence-electron chi connectivity index (χ0n) is 21.6. The molecule has 1 aromatic carbocycles. The standard InChI is InChI=1S/C28H36O7/c1-16-8-10-21-27(3,4)22(34-17(2)29)12-13-28(21,5)19(16)15-33-25-20(31-6)14-18-9-11-23(30)35-24(18)26(25)32-7/h9,11,14,19,21-22H,1,8,10,12-13,15H2,2-7H3/t19-,21+,22+,28-/m1/s1. The maximum Gasteiger partial charge on any atom is 0.336 e. The number of esters is 1. The molecule has 0 aliphatic heterocycles. The zero-order chi connectivity index (χ0) is 25.5. The smallest absolute Gasteiger partial charge is 0.336 e. The number of carbonyl (C=O) groups excluding carboxylic acids is 1. The highest BCUT2D eigenvalue weighted by Gasteiger charge is 2.57. The van der Waals surface area contributed by atoms with Crippen LogP contribution in [-0.4, -0.2) is 32.9 Å². The van der Waals surface area contributed by atoms with Crippen molar-refractivity contribution in [2.45, 2.75) is 59.5 Å². The summed E-state index contributed by atoms with van der Waals surface area (Å²) in [5, 5.41) is 0.685. The minimum Gasteiger partial charge on any atom is -0.493 e. The molecular weight excluding hydrogens is 448 g/mol. The first-order valence-electron chi connectivity index (χ1n) is 12.2. The van der Waals surface area contributed by atoms with E-state index in [0.717, 1.165) is 31.3 Å². The monoisotopic (exact) mass is 484 g/mol. The molecule has 2 aliphatic carbocycles. The van der Waals surface area contributed by atoms with Gasteiger partial charge >= 0.3 is 11.6 Å². The van der Waals surface area contributed by atoms with Gasteiger partial charge in [-0.2, -0.15) is 0 Å². The Labute approximate surface area is 206 Å². The molecule has 2 aliphatic rings. The van der Waals surface area contributed by atoms with Crippen molar-refractivity contribution in [2.75, 3.05) is 20.8 Å². The lowest BCUT2D eigenvalue weighted by Crippen LogP contribution is -2.56. The van der Waals surface area contributed by atoms with Gasteiger partial charge in [-0.15, -0.1) is 0 Å². The molecule has 2 fully saturated rings. The minimum absolute atomic E-state index is 0.0701. The maximum absolute atomic E-state index is 11.9. The molecule has 4 rings (SSSR count). The van der Waals surface area contributed by atoms with Crippen molar-refractivity contribution < 1.29 is 28.2 Å². The van der Waals surface area contributed by atoms with Gasteiger partial charge in [0.25, 0.3) is 0 Å². The molecule has 7 nitrogen and oxygen atoms in total. The zero-order valence-corrected chi connectivity index (χ0v) is 21.6. The van der Waals surface area contributed by atoms with Gasteiger partial charge in [0.05, 0.1) is 20.8 Å². The highest BCUT2D eigenvalue weighted by atomic mass is 16.5. The van der Waals surface area contributed by atoms with E-state index >= 15 is 0 Å². The van der Waals surface area contributed by atoms with E-state index in [1.165, 1.54) is 20.1 Å². The quantitative estimate of drug-likeness (QED) is 0.303. The normalized spacial score (nSPS) is 27.7. The van der Waals surface area contributed by atoms with E-state index in [9.17, 15) is 9.59 Å². The number of ether oxygens (including phenoxy) is 4. The molecule has 0 radical (unpaired) electrons. The number of methoxy groups -OCH3 is 2. The van der Waals surface area contributed by atoms with Gasteiger partial charge in [0.2, 0.25) is 11.5 Å². The van der Waals surface area contributed by atoms with Gasteiger partial charge in [0.1, 0.15) is 6.10 Å². The number of hydrogen-bond donors (Lipinski definition) is 0. The van der Waals surface area contributed by atoms with Crippen molar-refractivity contribution in [3.63, 3.8) is 0 Å². The molecule has 0 bridgehead atoms. The fraction of sp³-hybridized carbons (Fsp3) is 0.571. The summed E-state index contributed by atoms with van der Waals surface area (Å²) >= 11 is 0. The van der Waals surface area contributed by atoms with E-state index in [1.54, 1.807) is 19.2 Å². The van der Waals surface area contributed by atoms with Crippen LogP contribution in [0.1, 0.15) is 53.4 Å². The van der Waals surface area contributed by atoms with Crippen molar-refractivity contribution in [2.24, 2.45) is 22.7 Å². The Hall–Kier alpha value is -2.96. The molecule has 0 saturated heterocycles. The average Bonchev–Trinajstić information content (AvgIpc) is 2.79. The third-order valence-electron chi connectivity index (χ3n) is 8.43. The van der Waals surface area contributed by atoms with Gasteiger partial charge in [-0.1, -0.05) is 32.9 Å². The lowest BCUT2D eigenvalue weighted by Gasteiger charge is -2.59. The summed E-state index contributed by atoms with van der Waals surface area (Å²) in [6.07, 6.45) is 3.51. The van der Waals surface area contributed by atoms with Crippen molar-refractivity contribution in [1.82, 2.24) is 0 Å². The van der Waals surface area contributed by atoms with Crippen LogP contribution in [0.3, 0.4) is 0 Å². The summed E-state index contributed by atoms with van der Waals surface area (Å²) in [5.74, 6) is 1.44. The molecule has 2 aromatic rings. The Kier molecular flexibility index (Phi) is 6.64. The Morgan fingerprint density at radius 2 is 1.89 bits per heavy atom. The van der Waals surface area contributed by atoms with Crippen molar-refractivity contribution in [3.05, 3.63) is 40.8 Å². The van der Waals surface area contributed by atoms with Crippen molar-refractivity contribution in [3.8, 4) is 17.2 Å². The van der Waals surface area contributed by atoms with Gasteiger partial charge in [0.15, 0.2) is 11.3 Å². The largest absolute Gasteiger partial charge is 0.493 e. The van der Waals surface area contributed by atoms with E-state index < -0.39 is 5.63 Å². The van der Waals surface area contributed by atoms with E-state index in [2.05, 4.69) is 27.4 Å². The number of fused-ring (bicyclic) bond motifs is 2. The number of carbonyl (C=O) groups is 1. The molecule has 4 atom stereocenters. The highest BCUT2D eigenvalue weighted by molar-refractivity contribution is 5.88. The Bertz CT molecular complexity index is 1190. The molecule has 0 N–H and O–H groups in total. The maximum atomic E-state index is 11.9. The predicted molar refractivity (Wildman–Crippen MR) is 133 cm³/mol. The van der Waals surface area contributed by atoms with E-state index in [1.807, 2.05) is 0 Å².